The van der Waals surface area contributed by atoms with Crippen molar-refractivity contribution in [2.45, 2.75) is 44.2 Å². The number of hydrazine groups is 1. The van der Waals surface area contributed by atoms with Crippen molar-refractivity contribution in [1.82, 2.24) is 5.43 Å². The van der Waals surface area contributed by atoms with Crippen molar-refractivity contribution in [2.24, 2.45) is 5.84 Å². The maximum absolute atomic E-state index is 6.20. The first-order valence-corrected chi connectivity index (χ1v) is 6.78. The SMILES string of the molecule is COC1(C(NN)c2ccc(C)c(Cl)c2)CCCC1. The minimum atomic E-state index is -0.201. The molecule has 0 saturated heterocycles. The number of aryl methyl sites for hydroxylation is 1. The molecule has 1 aromatic rings. The van der Waals surface area contributed by atoms with Gasteiger partial charge >= 0.3 is 0 Å². The summed E-state index contributed by atoms with van der Waals surface area (Å²) in [5.74, 6) is 5.76. The lowest BCUT2D eigenvalue weighted by atomic mass is 9.87. The van der Waals surface area contributed by atoms with Crippen molar-refractivity contribution in [1.29, 1.82) is 0 Å². The van der Waals surface area contributed by atoms with E-state index in [2.05, 4.69) is 11.5 Å². The van der Waals surface area contributed by atoms with Gasteiger partial charge in [-0.2, -0.15) is 0 Å². The lowest BCUT2D eigenvalue weighted by Crippen LogP contribution is -2.46. The lowest BCUT2D eigenvalue weighted by Gasteiger charge is -2.36. The third kappa shape index (κ3) is 2.41. The van der Waals surface area contributed by atoms with Crippen LogP contribution in [0.25, 0.3) is 0 Å². The van der Waals surface area contributed by atoms with Gasteiger partial charge in [0.25, 0.3) is 0 Å². The predicted octanol–water partition coefficient (Wildman–Crippen LogP) is 3.11. The number of benzene rings is 1. The number of nitrogens with two attached hydrogens (primary N) is 1. The molecule has 2 rings (SSSR count). The molecule has 0 radical (unpaired) electrons. The fourth-order valence-corrected chi connectivity index (χ4v) is 3.11. The normalized spacial score (nSPS) is 20.0. The van der Waals surface area contributed by atoms with Crippen LogP contribution in [-0.2, 0) is 4.74 Å². The number of hydrogen-bond donors (Lipinski definition) is 2. The van der Waals surface area contributed by atoms with E-state index in [-0.39, 0.29) is 11.6 Å². The highest BCUT2D eigenvalue weighted by atomic mass is 35.5. The smallest absolute Gasteiger partial charge is 0.0885 e. The molecular weight excluding hydrogens is 248 g/mol. The molecule has 4 heteroatoms. The van der Waals surface area contributed by atoms with E-state index in [1.165, 1.54) is 12.8 Å². The first-order valence-electron chi connectivity index (χ1n) is 6.40. The molecule has 1 saturated carbocycles. The van der Waals surface area contributed by atoms with Gasteiger partial charge in [-0.1, -0.05) is 36.6 Å². The standard InChI is InChI=1S/C14H21ClN2O/c1-10-5-6-11(9-12(10)15)13(17-16)14(18-2)7-3-4-8-14/h5-6,9,13,17H,3-4,7-8,16H2,1-2H3. The Morgan fingerprint density at radius 3 is 2.56 bits per heavy atom. The van der Waals surface area contributed by atoms with Crippen LogP contribution < -0.4 is 11.3 Å². The van der Waals surface area contributed by atoms with Crippen molar-refractivity contribution in [2.75, 3.05) is 7.11 Å². The van der Waals surface area contributed by atoms with Crippen molar-refractivity contribution in [3.8, 4) is 0 Å². The first kappa shape index (κ1) is 13.8. The van der Waals surface area contributed by atoms with E-state index in [4.69, 9.17) is 22.2 Å². The van der Waals surface area contributed by atoms with Gasteiger partial charge in [-0.15, -0.1) is 0 Å². The molecule has 3 nitrogen and oxygen atoms in total. The number of halogens is 1. The fraction of sp³-hybridized carbons (Fsp3) is 0.571. The average molecular weight is 269 g/mol. The Hall–Kier alpha value is -0.610. The maximum Gasteiger partial charge on any atom is 0.0885 e. The average Bonchev–Trinajstić information content (AvgIpc) is 2.84. The molecule has 0 aliphatic heterocycles. The van der Waals surface area contributed by atoms with Gasteiger partial charge in [0.05, 0.1) is 11.6 Å². The Labute approximate surface area is 114 Å². The monoisotopic (exact) mass is 268 g/mol. The van der Waals surface area contributed by atoms with Crippen LogP contribution in [-0.4, -0.2) is 12.7 Å². The highest BCUT2D eigenvalue weighted by Gasteiger charge is 2.42. The summed E-state index contributed by atoms with van der Waals surface area (Å²) in [6, 6.07) is 6.08. The van der Waals surface area contributed by atoms with Crippen LogP contribution in [0.4, 0.5) is 0 Å². The Bertz CT molecular complexity index is 416. The summed E-state index contributed by atoms with van der Waals surface area (Å²) < 4.78 is 5.79. The third-order valence-corrected chi connectivity index (χ3v) is 4.49. The Morgan fingerprint density at radius 2 is 2.06 bits per heavy atom. The van der Waals surface area contributed by atoms with Gasteiger partial charge < -0.3 is 4.74 Å². The number of nitrogens with one attached hydrogen (secondary N) is 1. The van der Waals surface area contributed by atoms with E-state index in [0.717, 1.165) is 29.0 Å². The minimum Gasteiger partial charge on any atom is -0.376 e. The quantitative estimate of drug-likeness (QED) is 0.652. The summed E-state index contributed by atoms with van der Waals surface area (Å²) in [6.45, 7) is 2.00. The topological polar surface area (TPSA) is 47.3 Å². The zero-order valence-electron chi connectivity index (χ0n) is 11.0. The molecule has 1 aromatic carbocycles. The van der Waals surface area contributed by atoms with Gasteiger partial charge in [-0.25, -0.2) is 0 Å². The number of rotatable bonds is 4. The Balaban J connectivity index is 2.34. The number of ether oxygens (including phenoxy) is 1. The van der Waals surface area contributed by atoms with Crippen molar-refractivity contribution < 1.29 is 4.74 Å². The molecule has 18 heavy (non-hydrogen) atoms. The van der Waals surface area contributed by atoms with Gasteiger partial charge in [-0.05, 0) is 37.0 Å². The molecule has 1 unspecified atom stereocenters. The molecule has 100 valence electrons. The summed E-state index contributed by atoms with van der Waals surface area (Å²) in [5, 5.41) is 0.775. The molecular formula is C14H21ClN2O. The molecule has 0 bridgehead atoms. The fourth-order valence-electron chi connectivity index (χ4n) is 2.92. The number of methoxy groups -OCH3 is 1. The molecule has 1 fully saturated rings. The minimum absolute atomic E-state index is 0.0110. The molecule has 0 amide bonds. The molecule has 1 atom stereocenters. The van der Waals surface area contributed by atoms with Crippen LogP contribution in [0.2, 0.25) is 5.02 Å². The van der Waals surface area contributed by atoms with Gasteiger partial charge in [-0.3, -0.25) is 11.3 Å². The Kier molecular flexibility index (Phi) is 4.28. The summed E-state index contributed by atoms with van der Waals surface area (Å²) in [4.78, 5) is 0. The van der Waals surface area contributed by atoms with Crippen LogP contribution in [0.3, 0.4) is 0 Å². The second-order valence-electron chi connectivity index (χ2n) is 5.08. The third-order valence-electron chi connectivity index (χ3n) is 4.08. The molecule has 0 spiro atoms. The second-order valence-corrected chi connectivity index (χ2v) is 5.49. The van der Waals surface area contributed by atoms with Crippen LogP contribution in [0.15, 0.2) is 18.2 Å². The highest BCUT2D eigenvalue weighted by Crippen LogP contribution is 2.42. The van der Waals surface area contributed by atoms with E-state index in [0.29, 0.717) is 0 Å². The van der Waals surface area contributed by atoms with Crippen LogP contribution in [0.5, 0.6) is 0 Å². The zero-order chi connectivity index (χ0) is 13.2. The maximum atomic E-state index is 6.20. The molecule has 3 N–H and O–H groups in total. The number of hydrogen-bond acceptors (Lipinski definition) is 3. The summed E-state index contributed by atoms with van der Waals surface area (Å²) >= 11 is 6.20. The van der Waals surface area contributed by atoms with Crippen molar-refractivity contribution >= 4 is 11.6 Å². The van der Waals surface area contributed by atoms with Crippen LogP contribution in [0.1, 0.15) is 42.9 Å². The Morgan fingerprint density at radius 1 is 1.39 bits per heavy atom. The van der Waals surface area contributed by atoms with E-state index in [1.807, 2.05) is 19.1 Å². The van der Waals surface area contributed by atoms with Gasteiger partial charge in [0.2, 0.25) is 0 Å². The van der Waals surface area contributed by atoms with E-state index in [1.54, 1.807) is 7.11 Å². The summed E-state index contributed by atoms with van der Waals surface area (Å²) in [6.07, 6.45) is 4.44. The zero-order valence-corrected chi connectivity index (χ0v) is 11.8. The van der Waals surface area contributed by atoms with E-state index in [9.17, 15) is 0 Å². The van der Waals surface area contributed by atoms with Crippen molar-refractivity contribution in [3.05, 3.63) is 34.3 Å². The molecule has 1 aliphatic carbocycles. The van der Waals surface area contributed by atoms with E-state index < -0.39 is 0 Å². The summed E-state index contributed by atoms with van der Waals surface area (Å²) in [5.41, 5.74) is 4.89. The molecule has 0 heterocycles. The van der Waals surface area contributed by atoms with E-state index >= 15 is 0 Å². The van der Waals surface area contributed by atoms with Gasteiger partial charge in [0.1, 0.15) is 0 Å². The van der Waals surface area contributed by atoms with Gasteiger partial charge in [0, 0.05) is 12.1 Å². The predicted molar refractivity (Wildman–Crippen MR) is 74.5 cm³/mol. The molecule has 0 aromatic heterocycles. The van der Waals surface area contributed by atoms with Crippen LogP contribution >= 0.6 is 11.6 Å². The molecule has 1 aliphatic rings. The van der Waals surface area contributed by atoms with Gasteiger partial charge in [0.15, 0.2) is 0 Å². The van der Waals surface area contributed by atoms with Crippen LogP contribution in [0, 0.1) is 6.92 Å². The highest BCUT2D eigenvalue weighted by molar-refractivity contribution is 6.31. The summed E-state index contributed by atoms with van der Waals surface area (Å²) in [7, 11) is 1.77. The lowest BCUT2D eigenvalue weighted by molar-refractivity contribution is -0.0368. The van der Waals surface area contributed by atoms with Crippen molar-refractivity contribution in [3.63, 3.8) is 0 Å². The first-order chi connectivity index (χ1) is 8.63. The second kappa shape index (κ2) is 5.57. The largest absolute Gasteiger partial charge is 0.376 e.